The molecule has 1 saturated carbocycles. The normalized spacial score (nSPS) is 23.7. The summed E-state index contributed by atoms with van der Waals surface area (Å²) in [6, 6.07) is 5.14. The van der Waals surface area contributed by atoms with Gasteiger partial charge in [0.05, 0.1) is 12.1 Å². The van der Waals surface area contributed by atoms with Crippen molar-refractivity contribution in [2.24, 2.45) is 11.7 Å². The molecule has 1 aliphatic carbocycles. The maximum atomic E-state index is 12.6. The predicted molar refractivity (Wildman–Crippen MR) is 76.9 cm³/mol. The number of carbonyl (C=O) groups excluding carboxylic acids is 1. The molecule has 4 heteroatoms. The molecule has 0 radical (unpaired) electrons. The van der Waals surface area contributed by atoms with Crippen molar-refractivity contribution in [3.05, 3.63) is 28.8 Å². The number of nitrogens with two attached hydrogens (primary N) is 1. The fourth-order valence-corrected chi connectivity index (χ4v) is 2.88. The zero-order chi connectivity index (χ0) is 13.8. The zero-order valence-corrected chi connectivity index (χ0v) is 12.0. The van der Waals surface area contributed by atoms with E-state index in [1.165, 1.54) is 6.42 Å². The Kier molecular flexibility index (Phi) is 4.83. The van der Waals surface area contributed by atoms with Crippen molar-refractivity contribution in [1.29, 1.82) is 0 Å². The molecule has 0 aliphatic heterocycles. The molecule has 104 valence electrons. The molecule has 2 rings (SSSR count). The Labute approximate surface area is 119 Å². The maximum Gasteiger partial charge on any atom is 0.167 e. The van der Waals surface area contributed by atoms with E-state index in [9.17, 15) is 4.79 Å². The summed E-state index contributed by atoms with van der Waals surface area (Å²) in [6.07, 6.45) is 5.18. The van der Waals surface area contributed by atoms with Gasteiger partial charge in [0.1, 0.15) is 5.75 Å². The predicted octanol–water partition coefficient (Wildman–Crippen LogP) is 3.44. The van der Waals surface area contributed by atoms with Gasteiger partial charge in [0.25, 0.3) is 0 Å². The Morgan fingerprint density at radius 2 is 2.05 bits per heavy atom. The lowest BCUT2D eigenvalue weighted by Crippen LogP contribution is -2.34. The van der Waals surface area contributed by atoms with E-state index < -0.39 is 0 Å². The molecule has 0 spiro atoms. The third-order valence-electron chi connectivity index (χ3n) is 3.84. The van der Waals surface area contributed by atoms with Gasteiger partial charge < -0.3 is 10.5 Å². The number of rotatable bonds is 3. The number of ether oxygens (including phenoxy) is 1. The summed E-state index contributed by atoms with van der Waals surface area (Å²) in [4.78, 5) is 12.6. The highest BCUT2D eigenvalue weighted by molar-refractivity contribution is 6.32. The fraction of sp³-hybridized carbons (Fsp3) is 0.533. The highest BCUT2D eigenvalue weighted by atomic mass is 35.5. The van der Waals surface area contributed by atoms with Gasteiger partial charge in [0, 0.05) is 17.5 Å². The Bertz CT molecular complexity index is 461. The molecule has 0 heterocycles. The third-order valence-corrected chi connectivity index (χ3v) is 4.15. The summed E-state index contributed by atoms with van der Waals surface area (Å²) in [6.45, 7) is 0. The molecular weight excluding hydrogens is 262 g/mol. The van der Waals surface area contributed by atoms with Gasteiger partial charge in [-0.05, 0) is 31.0 Å². The minimum Gasteiger partial charge on any atom is -0.495 e. The van der Waals surface area contributed by atoms with Crippen LogP contribution in [0.5, 0.6) is 5.75 Å². The fourth-order valence-electron chi connectivity index (χ4n) is 2.69. The van der Waals surface area contributed by atoms with Crippen LogP contribution in [0.4, 0.5) is 0 Å². The Morgan fingerprint density at radius 1 is 1.32 bits per heavy atom. The maximum absolute atomic E-state index is 12.6. The van der Waals surface area contributed by atoms with Gasteiger partial charge >= 0.3 is 0 Å². The summed E-state index contributed by atoms with van der Waals surface area (Å²) < 4.78 is 5.16. The molecule has 2 atom stereocenters. The summed E-state index contributed by atoms with van der Waals surface area (Å²) in [5.74, 6) is 0.576. The smallest absolute Gasteiger partial charge is 0.167 e. The van der Waals surface area contributed by atoms with Crippen LogP contribution in [0.3, 0.4) is 0 Å². The second kappa shape index (κ2) is 6.40. The van der Waals surface area contributed by atoms with Crippen molar-refractivity contribution >= 4 is 17.4 Å². The number of hydrogen-bond acceptors (Lipinski definition) is 3. The van der Waals surface area contributed by atoms with Gasteiger partial charge in [-0.3, -0.25) is 4.79 Å². The average Bonchev–Trinajstić information content (AvgIpc) is 2.63. The largest absolute Gasteiger partial charge is 0.495 e. The molecule has 1 aliphatic rings. The van der Waals surface area contributed by atoms with Crippen molar-refractivity contribution in [3.8, 4) is 5.75 Å². The second-order valence-corrected chi connectivity index (χ2v) is 5.53. The van der Waals surface area contributed by atoms with E-state index in [-0.39, 0.29) is 17.7 Å². The lowest BCUT2D eigenvalue weighted by Gasteiger charge is -2.20. The van der Waals surface area contributed by atoms with Crippen LogP contribution in [0, 0.1) is 5.92 Å². The van der Waals surface area contributed by atoms with Gasteiger partial charge in [-0.1, -0.05) is 30.9 Å². The molecule has 0 aromatic heterocycles. The van der Waals surface area contributed by atoms with E-state index in [1.807, 2.05) is 0 Å². The Hall–Kier alpha value is -1.06. The van der Waals surface area contributed by atoms with Crippen LogP contribution in [0.25, 0.3) is 0 Å². The highest BCUT2D eigenvalue weighted by Gasteiger charge is 2.28. The van der Waals surface area contributed by atoms with Crippen LogP contribution in [-0.2, 0) is 0 Å². The van der Waals surface area contributed by atoms with E-state index in [4.69, 9.17) is 22.1 Å². The van der Waals surface area contributed by atoms with Crippen LogP contribution in [0.2, 0.25) is 5.02 Å². The summed E-state index contributed by atoms with van der Waals surface area (Å²) in [7, 11) is 1.55. The monoisotopic (exact) mass is 281 g/mol. The van der Waals surface area contributed by atoms with Gasteiger partial charge in [0.2, 0.25) is 0 Å². The van der Waals surface area contributed by atoms with Crippen molar-refractivity contribution in [2.45, 2.75) is 38.1 Å². The summed E-state index contributed by atoms with van der Waals surface area (Å²) in [5.41, 5.74) is 6.78. The number of benzene rings is 1. The second-order valence-electron chi connectivity index (χ2n) is 5.12. The van der Waals surface area contributed by atoms with E-state index in [0.29, 0.717) is 16.3 Å². The number of hydrogen-bond donors (Lipinski definition) is 1. The SMILES string of the molecule is COc1cc(C(=O)C2CCCCCC2N)ccc1Cl. The molecule has 2 N–H and O–H groups in total. The standard InChI is InChI=1S/C15H20ClNO2/c1-19-14-9-10(7-8-12(14)16)15(18)11-5-3-2-4-6-13(11)17/h7-9,11,13H,2-6,17H2,1H3. The Balaban J connectivity index is 2.22. The quantitative estimate of drug-likeness (QED) is 0.682. The van der Waals surface area contributed by atoms with Gasteiger partial charge in [-0.2, -0.15) is 0 Å². The molecule has 0 bridgehead atoms. The summed E-state index contributed by atoms with van der Waals surface area (Å²) >= 11 is 5.98. The lowest BCUT2D eigenvalue weighted by atomic mass is 9.87. The van der Waals surface area contributed by atoms with E-state index in [0.717, 1.165) is 25.7 Å². The first-order valence-corrected chi connectivity index (χ1v) is 7.14. The van der Waals surface area contributed by atoms with E-state index in [1.54, 1.807) is 25.3 Å². The lowest BCUT2D eigenvalue weighted by molar-refractivity contribution is 0.0894. The first-order chi connectivity index (χ1) is 9.13. The average molecular weight is 282 g/mol. The van der Waals surface area contributed by atoms with Crippen LogP contribution in [0.1, 0.15) is 42.5 Å². The van der Waals surface area contributed by atoms with Crippen molar-refractivity contribution in [3.63, 3.8) is 0 Å². The molecule has 1 fully saturated rings. The Morgan fingerprint density at radius 3 is 2.79 bits per heavy atom. The summed E-state index contributed by atoms with van der Waals surface area (Å²) in [5, 5.41) is 0.518. The first kappa shape index (κ1) is 14.4. The molecular formula is C15H20ClNO2. The van der Waals surface area contributed by atoms with Crippen LogP contribution in [0.15, 0.2) is 18.2 Å². The number of halogens is 1. The highest BCUT2D eigenvalue weighted by Crippen LogP contribution is 2.29. The topological polar surface area (TPSA) is 52.3 Å². The minimum atomic E-state index is -0.0756. The molecule has 1 aromatic carbocycles. The molecule has 1 aromatic rings. The van der Waals surface area contributed by atoms with Crippen LogP contribution >= 0.6 is 11.6 Å². The van der Waals surface area contributed by atoms with Gasteiger partial charge in [-0.15, -0.1) is 0 Å². The molecule has 0 saturated heterocycles. The van der Waals surface area contributed by atoms with Crippen molar-refractivity contribution in [2.75, 3.05) is 7.11 Å². The van der Waals surface area contributed by atoms with Crippen molar-refractivity contribution < 1.29 is 9.53 Å². The first-order valence-electron chi connectivity index (χ1n) is 6.77. The third kappa shape index (κ3) is 3.28. The molecule has 3 nitrogen and oxygen atoms in total. The molecule has 2 unspecified atom stereocenters. The van der Waals surface area contributed by atoms with Gasteiger partial charge in [-0.25, -0.2) is 0 Å². The van der Waals surface area contributed by atoms with Crippen LogP contribution < -0.4 is 10.5 Å². The number of methoxy groups -OCH3 is 1. The molecule has 19 heavy (non-hydrogen) atoms. The van der Waals surface area contributed by atoms with Gasteiger partial charge in [0.15, 0.2) is 5.78 Å². The van der Waals surface area contributed by atoms with Crippen molar-refractivity contribution in [1.82, 2.24) is 0 Å². The van der Waals surface area contributed by atoms with E-state index >= 15 is 0 Å². The van der Waals surface area contributed by atoms with E-state index in [2.05, 4.69) is 0 Å². The minimum absolute atomic E-state index is 0.0309. The number of ketones is 1. The van der Waals surface area contributed by atoms with Crippen LogP contribution in [-0.4, -0.2) is 18.9 Å². The zero-order valence-electron chi connectivity index (χ0n) is 11.2. The number of Topliss-reactive ketones (excluding diaryl/α,β-unsaturated/α-hetero) is 1. The molecule has 0 amide bonds. The number of carbonyl (C=O) groups is 1.